The molecular weight excluding hydrogens is 380 g/mol. The number of nitrogens with zero attached hydrogens (tertiary/aromatic N) is 1. The number of rotatable bonds is 7. The number of likely N-dealkylation sites (tertiary alicyclic amines) is 1. The Kier molecular flexibility index (Phi) is 11.6. The summed E-state index contributed by atoms with van der Waals surface area (Å²) in [5.74, 6) is -3.63. The quantitative estimate of drug-likeness (QED) is 0.325. The van der Waals surface area contributed by atoms with Crippen molar-refractivity contribution in [2.24, 2.45) is 5.92 Å². The standard InChI is InChI=1S/C18H30N2O3.C2H2O4/c1-2-23-18(22)16-9-12-20(13-10-16)14-17(21)19-11-8-15-6-4-3-5-7-15;3-1(4)2(5)6/h6,16H,2-5,7-14H2,1H3,(H,19,21);(H,3,4)(H,5,6). The Morgan fingerprint density at radius 1 is 1.14 bits per heavy atom. The Bertz CT molecular complexity index is 584. The molecule has 0 unspecified atom stereocenters. The number of ether oxygens (including phenoxy) is 1. The van der Waals surface area contributed by atoms with E-state index in [1.54, 1.807) is 0 Å². The molecule has 1 heterocycles. The molecule has 0 aromatic carbocycles. The topological polar surface area (TPSA) is 133 Å². The summed E-state index contributed by atoms with van der Waals surface area (Å²) in [6, 6.07) is 0. The Morgan fingerprint density at radius 3 is 2.31 bits per heavy atom. The van der Waals surface area contributed by atoms with E-state index < -0.39 is 11.9 Å². The molecule has 3 N–H and O–H groups in total. The van der Waals surface area contributed by atoms with Gasteiger partial charge in [-0.2, -0.15) is 0 Å². The summed E-state index contributed by atoms with van der Waals surface area (Å²) >= 11 is 0. The van der Waals surface area contributed by atoms with Gasteiger partial charge in [-0.05, 0) is 65.0 Å². The monoisotopic (exact) mass is 412 g/mol. The zero-order valence-corrected chi connectivity index (χ0v) is 17.0. The van der Waals surface area contributed by atoms with Crippen LogP contribution in [0.15, 0.2) is 11.6 Å². The number of piperidine rings is 1. The number of carbonyl (C=O) groups is 4. The summed E-state index contributed by atoms with van der Waals surface area (Å²) in [5, 5.41) is 17.8. The van der Waals surface area contributed by atoms with Gasteiger partial charge in [-0.25, -0.2) is 9.59 Å². The first-order chi connectivity index (χ1) is 13.8. The molecule has 1 saturated heterocycles. The van der Waals surface area contributed by atoms with Crippen molar-refractivity contribution in [3.8, 4) is 0 Å². The van der Waals surface area contributed by atoms with Gasteiger partial charge in [-0.15, -0.1) is 0 Å². The minimum absolute atomic E-state index is 0.00694. The van der Waals surface area contributed by atoms with Gasteiger partial charge < -0.3 is 20.3 Å². The van der Waals surface area contributed by atoms with E-state index in [1.807, 2.05) is 6.92 Å². The number of hydrogen-bond acceptors (Lipinski definition) is 6. The van der Waals surface area contributed by atoms with Crippen molar-refractivity contribution >= 4 is 23.8 Å². The second-order valence-corrected chi connectivity index (χ2v) is 7.12. The average molecular weight is 412 g/mol. The van der Waals surface area contributed by atoms with Crippen LogP contribution in [0.2, 0.25) is 0 Å². The van der Waals surface area contributed by atoms with Crippen LogP contribution >= 0.6 is 0 Å². The van der Waals surface area contributed by atoms with Crippen LogP contribution in [0.5, 0.6) is 0 Å². The first kappa shape index (κ1) is 24.6. The lowest BCUT2D eigenvalue weighted by atomic mass is 9.97. The van der Waals surface area contributed by atoms with Gasteiger partial charge >= 0.3 is 17.9 Å². The maximum absolute atomic E-state index is 12.0. The molecule has 9 nitrogen and oxygen atoms in total. The molecule has 0 bridgehead atoms. The largest absolute Gasteiger partial charge is 0.473 e. The molecule has 0 radical (unpaired) electrons. The predicted octanol–water partition coefficient (Wildman–Crippen LogP) is 1.42. The zero-order chi connectivity index (χ0) is 21.6. The van der Waals surface area contributed by atoms with Crippen LogP contribution in [0.25, 0.3) is 0 Å². The summed E-state index contributed by atoms with van der Waals surface area (Å²) in [7, 11) is 0. The van der Waals surface area contributed by atoms with Gasteiger partial charge in [0.25, 0.3) is 0 Å². The van der Waals surface area contributed by atoms with Gasteiger partial charge in [-0.3, -0.25) is 14.5 Å². The SMILES string of the molecule is CCOC(=O)C1CCN(CC(=O)NCCC2=CCCCC2)CC1.O=C(O)C(=O)O. The van der Waals surface area contributed by atoms with Crippen molar-refractivity contribution in [2.75, 3.05) is 32.8 Å². The molecule has 29 heavy (non-hydrogen) atoms. The number of aliphatic carboxylic acids is 2. The number of allylic oxidation sites excluding steroid dienone is 1. The molecular formula is C20H32N2O7. The third kappa shape index (κ3) is 10.6. The maximum atomic E-state index is 12.0. The van der Waals surface area contributed by atoms with Gasteiger partial charge in [-0.1, -0.05) is 11.6 Å². The molecule has 0 saturated carbocycles. The highest BCUT2D eigenvalue weighted by Gasteiger charge is 2.26. The second-order valence-electron chi connectivity index (χ2n) is 7.12. The lowest BCUT2D eigenvalue weighted by Crippen LogP contribution is -2.43. The van der Waals surface area contributed by atoms with E-state index in [-0.39, 0.29) is 17.8 Å². The minimum Gasteiger partial charge on any atom is -0.473 e. The summed E-state index contributed by atoms with van der Waals surface area (Å²) in [5.41, 5.74) is 1.49. The van der Waals surface area contributed by atoms with Crippen molar-refractivity contribution in [1.82, 2.24) is 10.2 Å². The highest BCUT2D eigenvalue weighted by atomic mass is 16.5. The molecule has 1 amide bonds. The average Bonchev–Trinajstić information content (AvgIpc) is 2.70. The fraction of sp³-hybridized carbons (Fsp3) is 0.700. The molecule has 2 rings (SSSR count). The van der Waals surface area contributed by atoms with Crippen LogP contribution in [0, 0.1) is 5.92 Å². The number of amides is 1. The Morgan fingerprint density at radius 2 is 1.79 bits per heavy atom. The van der Waals surface area contributed by atoms with Crippen LogP contribution in [0.1, 0.15) is 51.9 Å². The van der Waals surface area contributed by atoms with Crippen LogP contribution < -0.4 is 5.32 Å². The molecule has 0 aromatic rings. The first-order valence-electron chi connectivity index (χ1n) is 10.1. The number of carboxylic acid groups (broad SMARTS) is 2. The lowest BCUT2D eigenvalue weighted by Gasteiger charge is -2.30. The third-order valence-corrected chi connectivity index (χ3v) is 4.91. The zero-order valence-electron chi connectivity index (χ0n) is 17.0. The highest BCUT2D eigenvalue weighted by Crippen LogP contribution is 2.20. The molecule has 1 aliphatic heterocycles. The van der Waals surface area contributed by atoms with Crippen molar-refractivity contribution in [3.05, 3.63) is 11.6 Å². The molecule has 0 atom stereocenters. The van der Waals surface area contributed by atoms with E-state index in [9.17, 15) is 9.59 Å². The maximum Gasteiger partial charge on any atom is 0.414 e. The molecule has 1 fully saturated rings. The van der Waals surface area contributed by atoms with Gasteiger partial charge in [0.2, 0.25) is 5.91 Å². The summed E-state index contributed by atoms with van der Waals surface area (Å²) in [6.45, 7) is 5.04. The minimum atomic E-state index is -1.82. The Hall–Kier alpha value is -2.42. The van der Waals surface area contributed by atoms with Crippen molar-refractivity contribution in [2.45, 2.75) is 51.9 Å². The fourth-order valence-corrected chi connectivity index (χ4v) is 3.34. The van der Waals surface area contributed by atoms with E-state index >= 15 is 0 Å². The van der Waals surface area contributed by atoms with Crippen LogP contribution in [0.4, 0.5) is 0 Å². The predicted molar refractivity (Wildman–Crippen MR) is 105 cm³/mol. The number of nitrogens with one attached hydrogen (secondary N) is 1. The first-order valence-corrected chi connectivity index (χ1v) is 10.1. The van der Waals surface area contributed by atoms with Crippen LogP contribution in [-0.2, 0) is 23.9 Å². The number of carboxylic acids is 2. The molecule has 2 aliphatic rings. The Balaban J connectivity index is 0.000000612. The van der Waals surface area contributed by atoms with E-state index in [0.29, 0.717) is 13.2 Å². The van der Waals surface area contributed by atoms with E-state index in [0.717, 1.165) is 38.9 Å². The second kappa shape index (κ2) is 13.7. The lowest BCUT2D eigenvalue weighted by molar-refractivity contribution is -0.159. The van der Waals surface area contributed by atoms with E-state index in [2.05, 4.69) is 16.3 Å². The fourth-order valence-electron chi connectivity index (χ4n) is 3.34. The number of carbonyl (C=O) groups excluding carboxylic acids is 2. The molecule has 0 spiro atoms. The van der Waals surface area contributed by atoms with Crippen LogP contribution in [-0.4, -0.2) is 71.7 Å². The van der Waals surface area contributed by atoms with Crippen LogP contribution in [0.3, 0.4) is 0 Å². The summed E-state index contributed by atoms with van der Waals surface area (Å²) < 4.78 is 5.07. The van der Waals surface area contributed by atoms with Gasteiger partial charge in [0.15, 0.2) is 0 Å². The van der Waals surface area contributed by atoms with E-state index in [4.69, 9.17) is 24.5 Å². The number of hydrogen-bond donors (Lipinski definition) is 3. The highest BCUT2D eigenvalue weighted by molar-refractivity contribution is 6.27. The molecule has 1 aliphatic carbocycles. The smallest absolute Gasteiger partial charge is 0.414 e. The molecule has 0 aromatic heterocycles. The van der Waals surface area contributed by atoms with Crippen molar-refractivity contribution in [3.63, 3.8) is 0 Å². The van der Waals surface area contributed by atoms with Crippen molar-refractivity contribution < 1.29 is 34.1 Å². The molecule has 9 heteroatoms. The van der Waals surface area contributed by atoms with Gasteiger partial charge in [0.05, 0.1) is 19.1 Å². The van der Waals surface area contributed by atoms with E-state index in [1.165, 1.54) is 31.3 Å². The third-order valence-electron chi connectivity index (χ3n) is 4.91. The van der Waals surface area contributed by atoms with Gasteiger partial charge in [0.1, 0.15) is 0 Å². The number of esters is 1. The summed E-state index contributed by atoms with van der Waals surface area (Å²) in [4.78, 5) is 44.0. The molecule has 164 valence electrons. The van der Waals surface area contributed by atoms with Gasteiger partial charge in [0, 0.05) is 6.54 Å². The summed E-state index contributed by atoms with van der Waals surface area (Å²) in [6.07, 6.45) is 9.87. The Labute approximate surface area is 171 Å². The van der Waals surface area contributed by atoms with Crippen molar-refractivity contribution in [1.29, 1.82) is 0 Å². The normalized spacial score (nSPS) is 17.3.